The highest BCUT2D eigenvalue weighted by Gasteiger charge is 2.22. The minimum atomic E-state index is -0.141. The zero-order valence-electron chi connectivity index (χ0n) is 17.8. The fraction of sp³-hybridized carbons (Fsp3) is 0.417. The summed E-state index contributed by atoms with van der Waals surface area (Å²) in [7, 11) is 0. The summed E-state index contributed by atoms with van der Waals surface area (Å²) < 4.78 is 5.64. The Morgan fingerprint density at radius 3 is 2.50 bits per heavy atom. The highest BCUT2D eigenvalue weighted by atomic mass is 16.5. The molecule has 1 heterocycles. The van der Waals surface area contributed by atoms with Crippen LogP contribution in [0.4, 0.5) is 11.4 Å². The highest BCUT2D eigenvalue weighted by Crippen LogP contribution is 2.23. The van der Waals surface area contributed by atoms with Gasteiger partial charge in [-0.1, -0.05) is 13.3 Å². The van der Waals surface area contributed by atoms with E-state index in [1.54, 1.807) is 19.1 Å². The average Bonchev–Trinajstić information content (AvgIpc) is 3.22. The number of anilines is 2. The molecule has 0 radical (unpaired) electrons. The first-order valence-corrected chi connectivity index (χ1v) is 10.7. The summed E-state index contributed by atoms with van der Waals surface area (Å²) in [5.74, 6) is 0.802. The van der Waals surface area contributed by atoms with E-state index >= 15 is 0 Å². The number of carbonyl (C=O) groups excluding carboxylic acids is 2. The van der Waals surface area contributed by atoms with E-state index in [0.29, 0.717) is 24.8 Å². The van der Waals surface area contributed by atoms with Gasteiger partial charge in [0.2, 0.25) is 0 Å². The summed E-state index contributed by atoms with van der Waals surface area (Å²) in [4.78, 5) is 25.9. The number of benzene rings is 2. The number of unbranched alkanes of at least 4 members (excludes halogenated alkanes) is 1. The number of nitrogens with zero attached hydrogens (tertiary/aromatic N) is 1. The van der Waals surface area contributed by atoms with E-state index < -0.39 is 0 Å². The summed E-state index contributed by atoms with van der Waals surface area (Å²) in [6.45, 7) is 6.68. The van der Waals surface area contributed by atoms with Crippen LogP contribution in [-0.2, 0) is 4.79 Å². The molecule has 2 aromatic carbocycles. The number of hydrogen-bond donors (Lipinski definition) is 2. The molecule has 0 saturated carbocycles. The molecule has 0 bridgehead atoms. The summed E-state index contributed by atoms with van der Waals surface area (Å²) in [5, 5.41) is 6.24. The Balaban J connectivity index is 1.50. The first kappa shape index (κ1) is 21.8. The van der Waals surface area contributed by atoms with Crippen LogP contribution in [0.2, 0.25) is 0 Å². The van der Waals surface area contributed by atoms with Crippen molar-refractivity contribution in [2.24, 2.45) is 0 Å². The van der Waals surface area contributed by atoms with Crippen LogP contribution >= 0.6 is 0 Å². The van der Waals surface area contributed by atoms with Crippen LogP contribution < -0.4 is 20.3 Å². The maximum atomic E-state index is 12.5. The lowest BCUT2D eigenvalue weighted by molar-refractivity contribution is -0.116. The molecule has 2 N–H and O–H groups in total. The van der Waals surface area contributed by atoms with Crippen molar-refractivity contribution in [2.75, 3.05) is 36.5 Å². The van der Waals surface area contributed by atoms with Crippen LogP contribution in [0.3, 0.4) is 0 Å². The molecule has 3 rings (SSSR count). The molecule has 1 atom stereocenters. The van der Waals surface area contributed by atoms with Gasteiger partial charge in [-0.05, 0) is 68.3 Å². The third kappa shape index (κ3) is 6.32. The Bertz CT molecular complexity index is 834. The van der Waals surface area contributed by atoms with Gasteiger partial charge in [-0.3, -0.25) is 9.59 Å². The molecule has 0 aliphatic carbocycles. The zero-order valence-corrected chi connectivity index (χ0v) is 17.8. The van der Waals surface area contributed by atoms with Crippen molar-refractivity contribution < 1.29 is 14.3 Å². The van der Waals surface area contributed by atoms with E-state index in [0.717, 1.165) is 49.5 Å². The van der Waals surface area contributed by atoms with Gasteiger partial charge >= 0.3 is 0 Å². The monoisotopic (exact) mass is 409 g/mol. The predicted molar refractivity (Wildman–Crippen MR) is 121 cm³/mol. The first-order chi connectivity index (χ1) is 14.5. The molecule has 2 aromatic rings. The molecule has 1 amide bonds. The first-order valence-electron chi connectivity index (χ1n) is 10.7. The van der Waals surface area contributed by atoms with Crippen LogP contribution in [0.15, 0.2) is 48.5 Å². The third-order valence-electron chi connectivity index (χ3n) is 5.20. The van der Waals surface area contributed by atoms with Gasteiger partial charge in [0.1, 0.15) is 11.5 Å². The number of hydrogen-bond acceptors (Lipinski definition) is 5. The molecule has 160 valence electrons. The molecular weight excluding hydrogens is 378 g/mol. The van der Waals surface area contributed by atoms with Gasteiger partial charge in [0.15, 0.2) is 0 Å². The van der Waals surface area contributed by atoms with Gasteiger partial charge in [0, 0.05) is 36.1 Å². The van der Waals surface area contributed by atoms with Gasteiger partial charge in [0.05, 0.1) is 13.2 Å². The zero-order chi connectivity index (χ0) is 21.3. The van der Waals surface area contributed by atoms with Crippen LogP contribution in [0.25, 0.3) is 0 Å². The second-order valence-electron chi connectivity index (χ2n) is 7.74. The number of ketones is 1. The second-order valence-corrected chi connectivity index (χ2v) is 7.74. The van der Waals surface area contributed by atoms with Crippen molar-refractivity contribution in [3.8, 4) is 5.75 Å². The number of ether oxygens (including phenoxy) is 1. The summed E-state index contributed by atoms with van der Waals surface area (Å²) >= 11 is 0. The van der Waals surface area contributed by atoms with E-state index in [1.807, 2.05) is 36.4 Å². The molecule has 1 saturated heterocycles. The predicted octanol–water partition coefficient (Wildman–Crippen LogP) is 3.88. The maximum absolute atomic E-state index is 12.5. The lowest BCUT2D eigenvalue weighted by atomic mass is 10.2. The normalized spacial score (nSPS) is 15.8. The van der Waals surface area contributed by atoms with Crippen molar-refractivity contribution in [2.45, 2.75) is 39.2 Å². The van der Waals surface area contributed by atoms with Crippen LogP contribution in [0.1, 0.15) is 43.5 Å². The number of nitrogens with one attached hydrogen (secondary N) is 2. The van der Waals surface area contributed by atoms with Crippen molar-refractivity contribution in [1.82, 2.24) is 5.32 Å². The summed E-state index contributed by atoms with van der Waals surface area (Å²) in [6.07, 6.45) is 3.13. The molecule has 6 nitrogen and oxygen atoms in total. The Hall–Kier alpha value is -2.86. The van der Waals surface area contributed by atoms with E-state index in [2.05, 4.69) is 22.5 Å². The Morgan fingerprint density at radius 1 is 1.10 bits per heavy atom. The fourth-order valence-corrected chi connectivity index (χ4v) is 3.45. The fourth-order valence-electron chi connectivity index (χ4n) is 3.45. The molecule has 6 heteroatoms. The van der Waals surface area contributed by atoms with Gasteiger partial charge in [-0.15, -0.1) is 0 Å². The Labute approximate surface area is 178 Å². The van der Waals surface area contributed by atoms with Crippen LogP contribution in [-0.4, -0.2) is 44.0 Å². The standard InChI is InChI=1S/C24H31N3O3/c1-3-4-15-30-23-11-5-19(6-12-23)24(29)26-20-7-9-22(10-8-20)27-14-13-21(17-27)25-16-18(2)28/h5-12,21,25H,3-4,13-17H2,1-2H3,(H,26,29). The Kier molecular flexibility index (Phi) is 7.85. The quantitative estimate of drug-likeness (QED) is 0.583. The van der Waals surface area contributed by atoms with Gasteiger partial charge in [-0.25, -0.2) is 0 Å². The number of amides is 1. The van der Waals surface area contributed by atoms with Gasteiger partial charge in [-0.2, -0.15) is 0 Å². The van der Waals surface area contributed by atoms with Crippen molar-refractivity contribution in [1.29, 1.82) is 0 Å². The van der Waals surface area contributed by atoms with Crippen molar-refractivity contribution in [3.63, 3.8) is 0 Å². The lowest BCUT2D eigenvalue weighted by Gasteiger charge is -2.19. The minimum absolute atomic E-state index is 0.141. The highest BCUT2D eigenvalue weighted by molar-refractivity contribution is 6.04. The molecule has 0 spiro atoms. The second kappa shape index (κ2) is 10.8. The molecule has 1 aliphatic heterocycles. The average molecular weight is 410 g/mol. The van der Waals surface area contributed by atoms with E-state index in [-0.39, 0.29) is 11.7 Å². The van der Waals surface area contributed by atoms with Gasteiger partial charge < -0.3 is 20.3 Å². The largest absolute Gasteiger partial charge is 0.494 e. The molecule has 30 heavy (non-hydrogen) atoms. The summed E-state index contributed by atoms with van der Waals surface area (Å²) in [6, 6.07) is 15.4. The molecule has 0 aromatic heterocycles. The lowest BCUT2D eigenvalue weighted by Crippen LogP contribution is -2.35. The van der Waals surface area contributed by atoms with Crippen LogP contribution in [0, 0.1) is 0 Å². The van der Waals surface area contributed by atoms with Crippen molar-refractivity contribution >= 4 is 23.1 Å². The van der Waals surface area contributed by atoms with Crippen molar-refractivity contribution in [3.05, 3.63) is 54.1 Å². The smallest absolute Gasteiger partial charge is 0.255 e. The maximum Gasteiger partial charge on any atom is 0.255 e. The molecule has 1 fully saturated rings. The van der Waals surface area contributed by atoms with E-state index in [1.165, 1.54) is 0 Å². The molecule has 1 unspecified atom stereocenters. The third-order valence-corrected chi connectivity index (χ3v) is 5.20. The molecular formula is C24H31N3O3. The SMILES string of the molecule is CCCCOc1ccc(C(=O)Nc2ccc(N3CCC(NCC(C)=O)C3)cc2)cc1. The summed E-state index contributed by atoms with van der Waals surface area (Å²) in [5.41, 5.74) is 2.48. The van der Waals surface area contributed by atoms with Gasteiger partial charge in [0.25, 0.3) is 5.91 Å². The van der Waals surface area contributed by atoms with Crippen LogP contribution in [0.5, 0.6) is 5.75 Å². The molecule has 1 aliphatic rings. The minimum Gasteiger partial charge on any atom is -0.494 e. The number of rotatable bonds is 10. The Morgan fingerprint density at radius 2 is 1.83 bits per heavy atom. The van der Waals surface area contributed by atoms with E-state index in [4.69, 9.17) is 4.74 Å². The topological polar surface area (TPSA) is 70.7 Å². The number of Topliss-reactive ketones (excluding diaryl/α,β-unsaturated/α-hetero) is 1. The number of carbonyl (C=O) groups is 2. The van der Waals surface area contributed by atoms with E-state index in [9.17, 15) is 9.59 Å².